The molecule has 0 heterocycles. The Hall–Kier alpha value is 0.210. The molecule has 0 rings (SSSR count). The minimum absolute atomic E-state index is 0. The SMILES string of the molecule is C=CCC(=O)O.[NaH]. The molecule has 1 N–H and O–H groups in total. The number of hydrogen-bond acceptors (Lipinski definition) is 1. The number of aliphatic carboxylic acids is 1. The van der Waals surface area contributed by atoms with E-state index in [1.165, 1.54) is 6.08 Å². The third-order valence-electron chi connectivity index (χ3n) is 0.319. The van der Waals surface area contributed by atoms with Crippen molar-refractivity contribution in [2.45, 2.75) is 6.42 Å². The monoisotopic (exact) mass is 110 g/mol. The Morgan fingerprint density at radius 2 is 2.29 bits per heavy atom. The van der Waals surface area contributed by atoms with E-state index in [9.17, 15) is 4.79 Å². The molecule has 0 saturated heterocycles. The molecule has 0 aliphatic rings. The zero-order valence-electron chi connectivity index (χ0n) is 3.35. The molecule has 0 radical (unpaired) electrons. The second-order valence-electron chi connectivity index (χ2n) is 0.887. The van der Waals surface area contributed by atoms with Crippen LogP contribution in [-0.4, -0.2) is 40.6 Å². The van der Waals surface area contributed by atoms with E-state index >= 15 is 0 Å². The maximum absolute atomic E-state index is 9.53. The summed E-state index contributed by atoms with van der Waals surface area (Å²) in [5.41, 5.74) is 0. The third-order valence-corrected chi connectivity index (χ3v) is 0.319. The molecule has 2 nitrogen and oxygen atoms in total. The molecule has 3 heteroatoms. The Labute approximate surface area is 64.5 Å². The number of carboxylic acid groups (broad SMARTS) is 1. The summed E-state index contributed by atoms with van der Waals surface area (Å²) in [6.07, 6.45) is 1.41. The molecule has 0 aromatic rings. The first-order chi connectivity index (χ1) is 2.77. The van der Waals surface area contributed by atoms with Crippen molar-refractivity contribution in [3.05, 3.63) is 12.7 Å². The van der Waals surface area contributed by atoms with E-state index in [1.54, 1.807) is 0 Å². The van der Waals surface area contributed by atoms with Crippen LogP contribution in [-0.2, 0) is 4.79 Å². The average molecular weight is 110 g/mol. The first-order valence-corrected chi connectivity index (χ1v) is 1.60. The number of rotatable bonds is 2. The van der Waals surface area contributed by atoms with E-state index in [1.807, 2.05) is 0 Å². The molecule has 7 heavy (non-hydrogen) atoms. The summed E-state index contributed by atoms with van der Waals surface area (Å²) >= 11 is 0. The van der Waals surface area contributed by atoms with Gasteiger partial charge in [0.25, 0.3) is 0 Å². The van der Waals surface area contributed by atoms with Gasteiger partial charge >= 0.3 is 35.5 Å². The van der Waals surface area contributed by atoms with E-state index in [-0.39, 0.29) is 36.0 Å². The molecular weight excluding hydrogens is 103 g/mol. The molecule has 0 spiro atoms. The quantitative estimate of drug-likeness (QED) is 0.401. The Balaban J connectivity index is 0. The van der Waals surface area contributed by atoms with Gasteiger partial charge in [-0.1, -0.05) is 6.08 Å². The van der Waals surface area contributed by atoms with Gasteiger partial charge in [-0.05, 0) is 0 Å². The van der Waals surface area contributed by atoms with E-state index in [4.69, 9.17) is 5.11 Å². The van der Waals surface area contributed by atoms with E-state index < -0.39 is 5.97 Å². The molecule has 0 saturated carbocycles. The second kappa shape index (κ2) is 6.21. The molecule has 0 atom stereocenters. The van der Waals surface area contributed by atoms with Gasteiger partial charge in [-0.15, -0.1) is 6.58 Å². The van der Waals surface area contributed by atoms with Gasteiger partial charge in [0.15, 0.2) is 0 Å². The van der Waals surface area contributed by atoms with E-state index in [0.29, 0.717) is 0 Å². The van der Waals surface area contributed by atoms with Crippen LogP contribution in [0.4, 0.5) is 0 Å². The Bertz CT molecular complexity index is 70.1. The summed E-state index contributed by atoms with van der Waals surface area (Å²) < 4.78 is 0. The molecular formula is C4H7NaO2. The maximum atomic E-state index is 9.53. The number of carbonyl (C=O) groups is 1. The summed E-state index contributed by atoms with van der Waals surface area (Å²) in [7, 11) is 0. The van der Waals surface area contributed by atoms with Gasteiger partial charge in [-0.25, -0.2) is 0 Å². The summed E-state index contributed by atoms with van der Waals surface area (Å²) in [5.74, 6) is -0.829. The normalized spacial score (nSPS) is 6.29. The molecule has 0 aromatic heterocycles. The summed E-state index contributed by atoms with van der Waals surface area (Å²) in [4.78, 5) is 9.53. The number of hydrogen-bond donors (Lipinski definition) is 1. The van der Waals surface area contributed by atoms with Crippen molar-refractivity contribution in [3.63, 3.8) is 0 Å². The zero-order valence-corrected chi connectivity index (χ0v) is 3.35. The summed E-state index contributed by atoms with van der Waals surface area (Å²) in [6, 6.07) is 0. The van der Waals surface area contributed by atoms with Crippen molar-refractivity contribution in [2.75, 3.05) is 0 Å². The van der Waals surface area contributed by atoms with Crippen molar-refractivity contribution in [1.29, 1.82) is 0 Å². The summed E-state index contributed by atoms with van der Waals surface area (Å²) in [6.45, 7) is 3.22. The van der Waals surface area contributed by atoms with Crippen LogP contribution in [0.25, 0.3) is 0 Å². The summed E-state index contributed by atoms with van der Waals surface area (Å²) in [5, 5.41) is 7.84. The Kier molecular flexibility index (Phi) is 9.09. The molecule has 0 amide bonds. The van der Waals surface area contributed by atoms with Crippen LogP contribution in [0.5, 0.6) is 0 Å². The molecule has 0 aromatic carbocycles. The van der Waals surface area contributed by atoms with Crippen LogP contribution in [0.1, 0.15) is 6.42 Å². The van der Waals surface area contributed by atoms with Crippen molar-refractivity contribution in [2.24, 2.45) is 0 Å². The molecule has 0 aliphatic heterocycles. The standard InChI is InChI=1S/C4H6O2.Na.H/c1-2-3-4(5)6;;/h2H,1,3H2,(H,5,6);;. The van der Waals surface area contributed by atoms with Crippen LogP contribution in [0.2, 0.25) is 0 Å². The first kappa shape index (κ1) is 10.2. The van der Waals surface area contributed by atoms with Gasteiger partial charge in [0, 0.05) is 0 Å². The third kappa shape index (κ3) is 10.7. The van der Waals surface area contributed by atoms with E-state index in [2.05, 4.69) is 6.58 Å². The van der Waals surface area contributed by atoms with Gasteiger partial charge < -0.3 is 5.11 Å². The van der Waals surface area contributed by atoms with Gasteiger partial charge in [0.1, 0.15) is 0 Å². The minimum atomic E-state index is -0.829. The van der Waals surface area contributed by atoms with Crippen molar-refractivity contribution in [3.8, 4) is 0 Å². The van der Waals surface area contributed by atoms with Crippen LogP contribution < -0.4 is 0 Å². The van der Waals surface area contributed by atoms with Gasteiger partial charge in [-0.2, -0.15) is 0 Å². The first-order valence-electron chi connectivity index (χ1n) is 1.60. The van der Waals surface area contributed by atoms with Gasteiger partial charge in [-0.3, -0.25) is 4.79 Å². The molecule has 0 bridgehead atoms. The van der Waals surface area contributed by atoms with Crippen molar-refractivity contribution >= 4 is 35.5 Å². The predicted molar refractivity (Wildman–Crippen MR) is 29.6 cm³/mol. The molecule has 0 unspecified atom stereocenters. The van der Waals surface area contributed by atoms with Crippen LogP contribution in [0, 0.1) is 0 Å². The fraction of sp³-hybridized carbons (Fsp3) is 0.250. The van der Waals surface area contributed by atoms with E-state index in [0.717, 1.165) is 0 Å². The fourth-order valence-electron chi connectivity index (χ4n) is 0.123. The Morgan fingerprint density at radius 3 is 2.29 bits per heavy atom. The van der Waals surface area contributed by atoms with Gasteiger partial charge in [0.2, 0.25) is 0 Å². The molecule has 0 aliphatic carbocycles. The second-order valence-corrected chi connectivity index (χ2v) is 0.887. The van der Waals surface area contributed by atoms with Crippen LogP contribution in [0.15, 0.2) is 12.7 Å². The van der Waals surface area contributed by atoms with Crippen molar-refractivity contribution < 1.29 is 9.90 Å². The fourth-order valence-corrected chi connectivity index (χ4v) is 0.123. The van der Waals surface area contributed by atoms with Crippen LogP contribution in [0.3, 0.4) is 0 Å². The van der Waals surface area contributed by atoms with Gasteiger partial charge in [0.05, 0.1) is 6.42 Å². The predicted octanol–water partition coefficient (Wildman–Crippen LogP) is -0.00140. The number of carboxylic acids is 1. The molecule has 36 valence electrons. The topological polar surface area (TPSA) is 37.3 Å². The molecule has 0 fully saturated rings. The Morgan fingerprint density at radius 1 is 1.86 bits per heavy atom. The zero-order chi connectivity index (χ0) is 4.99. The van der Waals surface area contributed by atoms with Crippen LogP contribution >= 0.6 is 0 Å². The average Bonchev–Trinajstić information content (AvgIpc) is 1.35. The van der Waals surface area contributed by atoms with Crippen molar-refractivity contribution in [1.82, 2.24) is 0 Å².